The second-order valence-corrected chi connectivity index (χ2v) is 4.96. The largest absolute Gasteiger partial charge is 0.450 e. The average molecular weight is 241 g/mol. The molecule has 2 saturated heterocycles. The van der Waals surface area contributed by atoms with Crippen LogP contribution in [-0.2, 0) is 4.74 Å². The molecule has 5 heteroatoms. The Balaban J connectivity index is 1.79. The van der Waals surface area contributed by atoms with Crippen LogP contribution in [0.15, 0.2) is 0 Å². The summed E-state index contributed by atoms with van der Waals surface area (Å²) in [7, 11) is 0. The van der Waals surface area contributed by atoms with E-state index in [0.29, 0.717) is 18.7 Å². The molecule has 1 unspecified atom stereocenters. The molecule has 0 saturated carbocycles. The average Bonchev–Trinajstić information content (AvgIpc) is 2.80. The molecule has 98 valence electrons. The fourth-order valence-electron chi connectivity index (χ4n) is 2.71. The predicted molar refractivity (Wildman–Crippen MR) is 65.8 cm³/mol. The molecule has 0 aromatic heterocycles. The van der Waals surface area contributed by atoms with E-state index in [9.17, 15) is 4.79 Å². The van der Waals surface area contributed by atoms with Gasteiger partial charge in [-0.05, 0) is 39.3 Å². The van der Waals surface area contributed by atoms with Gasteiger partial charge < -0.3 is 15.4 Å². The zero-order chi connectivity index (χ0) is 12.3. The summed E-state index contributed by atoms with van der Waals surface area (Å²) in [6, 6.07) is 0.876. The summed E-state index contributed by atoms with van der Waals surface area (Å²) in [5, 5.41) is 0. The molecule has 1 atom stereocenters. The summed E-state index contributed by atoms with van der Waals surface area (Å²) in [6.07, 6.45) is 3.06. The molecular formula is C12H23N3O2. The van der Waals surface area contributed by atoms with Crippen LogP contribution in [0.25, 0.3) is 0 Å². The number of ether oxygens (including phenoxy) is 1. The lowest BCUT2D eigenvalue weighted by Crippen LogP contribution is -2.46. The van der Waals surface area contributed by atoms with E-state index in [4.69, 9.17) is 10.5 Å². The maximum atomic E-state index is 11.6. The standard InChI is InChI=1S/C12H23N3O2/c1-2-17-12(16)15-8-5-11(9-15)14-6-3-10(13)4-7-14/h10-11H,2-9,13H2,1H3. The van der Waals surface area contributed by atoms with Gasteiger partial charge in [0, 0.05) is 25.2 Å². The SMILES string of the molecule is CCOC(=O)N1CCC(N2CCC(N)CC2)C1. The second-order valence-electron chi connectivity index (χ2n) is 4.96. The van der Waals surface area contributed by atoms with Gasteiger partial charge in [-0.25, -0.2) is 4.79 Å². The smallest absolute Gasteiger partial charge is 0.409 e. The Hall–Kier alpha value is -0.810. The van der Waals surface area contributed by atoms with Crippen molar-refractivity contribution in [1.29, 1.82) is 0 Å². The van der Waals surface area contributed by atoms with E-state index in [-0.39, 0.29) is 6.09 Å². The number of rotatable bonds is 2. The lowest BCUT2D eigenvalue weighted by Gasteiger charge is -2.34. The third-order valence-electron chi connectivity index (χ3n) is 3.78. The summed E-state index contributed by atoms with van der Waals surface area (Å²) in [6.45, 7) is 6.08. The minimum absolute atomic E-state index is 0.163. The van der Waals surface area contributed by atoms with Crippen molar-refractivity contribution in [3.8, 4) is 0 Å². The number of carbonyl (C=O) groups excluding carboxylic acids is 1. The molecule has 17 heavy (non-hydrogen) atoms. The predicted octanol–water partition coefficient (Wildman–Crippen LogP) is 0.640. The molecule has 2 aliphatic heterocycles. The highest BCUT2D eigenvalue weighted by Gasteiger charge is 2.32. The Kier molecular flexibility index (Phi) is 4.23. The first-order valence-corrected chi connectivity index (χ1v) is 6.62. The molecule has 2 fully saturated rings. The monoisotopic (exact) mass is 241 g/mol. The van der Waals surface area contributed by atoms with Crippen molar-refractivity contribution >= 4 is 6.09 Å². The van der Waals surface area contributed by atoms with Crippen LogP contribution in [0.5, 0.6) is 0 Å². The van der Waals surface area contributed by atoms with Gasteiger partial charge in [0.05, 0.1) is 6.61 Å². The number of amides is 1. The van der Waals surface area contributed by atoms with Crippen LogP contribution in [0.3, 0.4) is 0 Å². The van der Waals surface area contributed by atoms with Gasteiger partial charge in [0.1, 0.15) is 0 Å². The number of nitrogens with two attached hydrogens (primary N) is 1. The van der Waals surface area contributed by atoms with Crippen molar-refractivity contribution in [2.75, 3.05) is 32.8 Å². The van der Waals surface area contributed by atoms with Crippen LogP contribution in [0.4, 0.5) is 4.79 Å². The molecule has 0 radical (unpaired) electrons. The summed E-state index contributed by atoms with van der Waals surface area (Å²) >= 11 is 0. The van der Waals surface area contributed by atoms with E-state index in [1.54, 1.807) is 0 Å². The van der Waals surface area contributed by atoms with Crippen molar-refractivity contribution in [2.45, 2.75) is 38.3 Å². The molecule has 5 nitrogen and oxygen atoms in total. The highest BCUT2D eigenvalue weighted by Crippen LogP contribution is 2.20. The molecule has 1 amide bonds. The van der Waals surface area contributed by atoms with Crippen molar-refractivity contribution in [3.05, 3.63) is 0 Å². The van der Waals surface area contributed by atoms with Crippen molar-refractivity contribution < 1.29 is 9.53 Å². The molecule has 2 N–H and O–H groups in total. The molecule has 2 heterocycles. The second kappa shape index (κ2) is 5.69. The van der Waals surface area contributed by atoms with E-state index in [1.165, 1.54) is 0 Å². The van der Waals surface area contributed by atoms with Crippen LogP contribution in [-0.4, -0.2) is 60.8 Å². The van der Waals surface area contributed by atoms with Crippen molar-refractivity contribution in [2.24, 2.45) is 5.73 Å². The van der Waals surface area contributed by atoms with Crippen molar-refractivity contribution in [3.63, 3.8) is 0 Å². The van der Waals surface area contributed by atoms with E-state index in [0.717, 1.165) is 45.4 Å². The van der Waals surface area contributed by atoms with Crippen LogP contribution < -0.4 is 5.73 Å². The summed E-state index contributed by atoms with van der Waals surface area (Å²) < 4.78 is 5.03. The van der Waals surface area contributed by atoms with Gasteiger partial charge in [-0.2, -0.15) is 0 Å². The first-order chi connectivity index (χ1) is 8.20. The van der Waals surface area contributed by atoms with Gasteiger partial charge in [0.25, 0.3) is 0 Å². The van der Waals surface area contributed by atoms with Gasteiger partial charge in [0.2, 0.25) is 0 Å². The van der Waals surface area contributed by atoms with Crippen LogP contribution in [0.2, 0.25) is 0 Å². The molecule has 0 aromatic rings. The fraction of sp³-hybridized carbons (Fsp3) is 0.917. The molecular weight excluding hydrogens is 218 g/mol. The summed E-state index contributed by atoms with van der Waals surface area (Å²) in [5.41, 5.74) is 5.90. The molecule has 0 aromatic carbocycles. The molecule has 2 aliphatic rings. The minimum atomic E-state index is -0.163. The van der Waals surface area contributed by atoms with E-state index >= 15 is 0 Å². The molecule has 0 spiro atoms. The summed E-state index contributed by atoms with van der Waals surface area (Å²) in [5.74, 6) is 0. The van der Waals surface area contributed by atoms with Crippen molar-refractivity contribution in [1.82, 2.24) is 9.80 Å². The number of hydrogen-bond donors (Lipinski definition) is 1. The van der Waals surface area contributed by atoms with E-state index < -0.39 is 0 Å². The van der Waals surface area contributed by atoms with Crippen LogP contribution in [0.1, 0.15) is 26.2 Å². The van der Waals surface area contributed by atoms with Gasteiger partial charge in [-0.15, -0.1) is 0 Å². The maximum absolute atomic E-state index is 11.6. The van der Waals surface area contributed by atoms with E-state index in [2.05, 4.69) is 4.90 Å². The number of piperidine rings is 1. The Labute approximate surface area is 103 Å². The number of likely N-dealkylation sites (tertiary alicyclic amines) is 2. The number of carbonyl (C=O) groups is 1. The third kappa shape index (κ3) is 3.10. The maximum Gasteiger partial charge on any atom is 0.409 e. The fourth-order valence-corrected chi connectivity index (χ4v) is 2.71. The van der Waals surface area contributed by atoms with Crippen LogP contribution >= 0.6 is 0 Å². The first-order valence-electron chi connectivity index (χ1n) is 6.62. The highest BCUT2D eigenvalue weighted by molar-refractivity contribution is 5.68. The topological polar surface area (TPSA) is 58.8 Å². The molecule has 2 rings (SSSR count). The quantitative estimate of drug-likeness (QED) is 0.771. The normalized spacial score (nSPS) is 27.4. The lowest BCUT2D eigenvalue weighted by molar-refractivity contribution is 0.107. The zero-order valence-electron chi connectivity index (χ0n) is 10.6. The van der Waals surface area contributed by atoms with Gasteiger partial charge in [0.15, 0.2) is 0 Å². The summed E-state index contributed by atoms with van der Waals surface area (Å²) in [4.78, 5) is 15.9. The van der Waals surface area contributed by atoms with E-state index in [1.807, 2.05) is 11.8 Å². The molecule has 0 bridgehead atoms. The Morgan fingerprint density at radius 3 is 2.65 bits per heavy atom. The Morgan fingerprint density at radius 2 is 2.00 bits per heavy atom. The number of nitrogens with zero attached hydrogens (tertiary/aromatic N) is 2. The minimum Gasteiger partial charge on any atom is -0.450 e. The zero-order valence-corrected chi connectivity index (χ0v) is 10.6. The van der Waals surface area contributed by atoms with Gasteiger partial charge >= 0.3 is 6.09 Å². The lowest BCUT2D eigenvalue weighted by atomic mass is 10.0. The highest BCUT2D eigenvalue weighted by atomic mass is 16.6. The third-order valence-corrected chi connectivity index (χ3v) is 3.78. The van der Waals surface area contributed by atoms with Gasteiger partial charge in [-0.3, -0.25) is 4.90 Å². The van der Waals surface area contributed by atoms with Gasteiger partial charge in [-0.1, -0.05) is 0 Å². The Bertz CT molecular complexity index is 264. The first kappa shape index (κ1) is 12.6. The van der Waals surface area contributed by atoms with Crippen LogP contribution in [0, 0.1) is 0 Å². The number of hydrogen-bond acceptors (Lipinski definition) is 4. The Morgan fingerprint density at radius 1 is 1.29 bits per heavy atom. The molecule has 0 aliphatic carbocycles.